The second-order valence-corrected chi connectivity index (χ2v) is 11.9. The molecule has 0 bridgehead atoms. The molecule has 0 aromatic carbocycles. The molecule has 1 saturated heterocycles. The van der Waals surface area contributed by atoms with Crippen LogP contribution in [0.2, 0.25) is 0 Å². The fourth-order valence-electron chi connectivity index (χ4n) is 4.88. The van der Waals surface area contributed by atoms with Crippen molar-refractivity contribution in [1.82, 2.24) is 0 Å². The van der Waals surface area contributed by atoms with Gasteiger partial charge in [-0.15, -0.1) is 0 Å². The molecule has 1 heterocycles. The number of hydrogen-bond donors (Lipinski definition) is 0. The summed E-state index contributed by atoms with van der Waals surface area (Å²) in [6.45, 7) is 11.3. The first-order valence-electron chi connectivity index (χ1n) is 13.1. The van der Waals surface area contributed by atoms with Crippen molar-refractivity contribution in [3.05, 3.63) is 0 Å². The maximum Gasteiger partial charge on any atom is 0.141 e. The number of halogens is 1. The van der Waals surface area contributed by atoms with Crippen molar-refractivity contribution in [2.24, 2.45) is 0 Å². The number of nitrogens with zero attached hydrogens (tertiary/aromatic N) is 1. The Labute approximate surface area is 219 Å². The van der Waals surface area contributed by atoms with E-state index in [-0.39, 0.29) is 0 Å². The number of rotatable bonds is 16. The molecule has 0 aromatic heterocycles. The lowest BCUT2D eigenvalue weighted by Crippen LogP contribution is -2.60. The maximum absolute atomic E-state index is 9.08. The highest BCUT2D eigenvalue weighted by Crippen LogP contribution is 2.21. The summed E-state index contributed by atoms with van der Waals surface area (Å²) in [4.78, 5) is 0. The van der Waals surface area contributed by atoms with Crippen LogP contribution in [-0.2, 0) is 14.9 Å². The first-order chi connectivity index (χ1) is 15.6. The van der Waals surface area contributed by atoms with Gasteiger partial charge in [0.05, 0.1) is 16.7 Å². The van der Waals surface area contributed by atoms with Crippen molar-refractivity contribution in [2.75, 3.05) is 32.4 Å². The third-order valence-electron chi connectivity index (χ3n) is 6.22. The average Bonchev–Trinajstić information content (AvgIpc) is 2.71. The molecule has 7 heteroatoms. The van der Waals surface area contributed by atoms with Gasteiger partial charge in [-0.2, -0.15) is 0 Å². The van der Waals surface area contributed by atoms with E-state index < -0.39 is 10.1 Å². The molecule has 196 valence electrons. The zero-order chi connectivity index (χ0) is 25.0. The molecule has 0 aromatic rings. The molecule has 1 rings (SSSR count). The number of quaternary nitrogens is 1. The minimum Gasteiger partial charge on any atom is -0.748 e. The number of ether oxygens (including phenoxy) is 1. The van der Waals surface area contributed by atoms with Crippen LogP contribution in [0, 0.1) is 9.85 Å². The van der Waals surface area contributed by atoms with Crippen LogP contribution < -0.4 is 0 Å². The third-order valence-corrected chi connectivity index (χ3v) is 6.60. The molecule has 2 unspecified atom stereocenters. The highest BCUT2D eigenvalue weighted by molar-refractivity contribution is 14.1. The molecule has 0 aliphatic carbocycles. The summed E-state index contributed by atoms with van der Waals surface area (Å²) < 4.78 is 37.4. The first kappa shape index (κ1) is 33.1. The largest absolute Gasteiger partial charge is 0.748 e. The van der Waals surface area contributed by atoms with E-state index in [4.69, 9.17) is 17.7 Å². The van der Waals surface area contributed by atoms with Gasteiger partial charge in [0.15, 0.2) is 0 Å². The van der Waals surface area contributed by atoms with E-state index in [1.54, 1.807) is 0 Å². The second kappa shape index (κ2) is 20.3. The van der Waals surface area contributed by atoms with Crippen LogP contribution in [0.15, 0.2) is 0 Å². The lowest BCUT2D eigenvalue weighted by atomic mass is 10.0. The molecule has 0 saturated carbocycles. The summed E-state index contributed by atoms with van der Waals surface area (Å²) in [6.07, 6.45) is 21.4. The van der Waals surface area contributed by atoms with Crippen molar-refractivity contribution in [3.8, 4) is 9.85 Å². The fraction of sp³-hybridized carbons (Fsp3) is 0.923. The molecule has 0 radical (unpaired) electrons. The van der Waals surface area contributed by atoms with Crippen LogP contribution in [0.4, 0.5) is 0 Å². The Bertz CT molecular complexity index is 612. The van der Waals surface area contributed by atoms with Crippen LogP contribution in [0.1, 0.15) is 111 Å². The minimum atomic E-state index is -3.92. The first-order valence-corrected chi connectivity index (χ1v) is 16.0. The van der Waals surface area contributed by atoms with E-state index in [1.807, 2.05) is 0 Å². The molecule has 0 amide bonds. The Morgan fingerprint density at radius 3 is 1.58 bits per heavy atom. The van der Waals surface area contributed by atoms with Gasteiger partial charge in [-0.05, 0) is 36.5 Å². The van der Waals surface area contributed by atoms with E-state index >= 15 is 0 Å². The molecule has 1 aliphatic heterocycles. The smallest absolute Gasteiger partial charge is 0.141 e. The second-order valence-electron chi connectivity index (χ2n) is 9.92. The number of hydrogen-bond acceptors (Lipinski definition) is 4. The van der Waals surface area contributed by atoms with E-state index in [0.29, 0.717) is 18.5 Å². The maximum atomic E-state index is 9.08. The van der Waals surface area contributed by atoms with Gasteiger partial charge in [-0.25, -0.2) is 8.42 Å². The van der Waals surface area contributed by atoms with Crippen LogP contribution in [0.5, 0.6) is 0 Å². The highest BCUT2D eigenvalue weighted by atomic mass is 127. The van der Waals surface area contributed by atoms with Crippen LogP contribution in [0.25, 0.3) is 0 Å². The van der Waals surface area contributed by atoms with E-state index in [9.17, 15) is 0 Å². The number of morpholine rings is 1. The van der Waals surface area contributed by atoms with E-state index in [0.717, 1.165) is 24.1 Å². The molecule has 2 atom stereocenters. The molecular weight excluding hydrogens is 549 g/mol. The zero-order valence-corrected chi connectivity index (χ0v) is 24.7. The Kier molecular flexibility index (Phi) is 20.4. The SMILES string of the molecule is CCCCCCCCCCCCCCCC[N+]1(CC#CI)CC(C)OC(C)C1.CS(=O)(=O)[O-]. The Hall–Kier alpha value is 0.120. The Balaban J connectivity index is 0.00000184. The van der Waals surface area contributed by atoms with Gasteiger partial charge >= 0.3 is 0 Å². The van der Waals surface area contributed by atoms with Gasteiger partial charge < -0.3 is 13.8 Å². The van der Waals surface area contributed by atoms with Crippen molar-refractivity contribution in [2.45, 2.75) is 123 Å². The molecule has 33 heavy (non-hydrogen) atoms. The van der Waals surface area contributed by atoms with Gasteiger partial charge in [0.2, 0.25) is 0 Å². The van der Waals surface area contributed by atoms with Crippen molar-refractivity contribution >= 4 is 32.7 Å². The average molecular weight is 600 g/mol. The molecule has 0 spiro atoms. The standard InChI is InChI=1S/C25H47INO.CH4O3S/c1-4-5-6-7-8-9-10-11-12-13-14-15-16-17-20-27(21-18-19-26)22-24(2)28-25(3)23-27;1-5(2,3)4/h24-25H,4-17,20-23H2,1-3H3;1H3,(H,2,3,4)/q+1;/p-1. The summed E-state index contributed by atoms with van der Waals surface area (Å²) in [5, 5.41) is 0. The van der Waals surface area contributed by atoms with Gasteiger partial charge in [0.25, 0.3) is 0 Å². The zero-order valence-electron chi connectivity index (χ0n) is 21.7. The van der Waals surface area contributed by atoms with Gasteiger partial charge in [-0.3, -0.25) is 0 Å². The minimum absolute atomic E-state index is 0.367. The van der Waals surface area contributed by atoms with Crippen molar-refractivity contribution < 1.29 is 22.2 Å². The lowest BCUT2D eigenvalue weighted by Gasteiger charge is -2.45. The van der Waals surface area contributed by atoms with Crippen molar-refractivity contribution in [3.63, 3.8) is 0 Å². The van der Waals surface area contributed by atoms with Gasteiger partial charge in [-0.1, -0.05) is 84.0 Å². The van der Waals surface area contributed by atoms with E-state index in [2.05, 4.69) is 53.2 Å². The van der Waals surface area contributed by atoms with Crippen LogP contribution in [-0.4, -0.2) is 62.1 Å². The molecule has 1 fully saturated rings. The predicted octanol–water partition coefficient (Wildman–Crippen LogP) is 6.65. The van der Waals surface area contributed by atoms with Gasteiger partial charge in [0, 0.05) is 28.8 Å². The summed E-state index contributed by atoms with van der Waals surface area (Å²) in [6, 6.07) is 0. The predicted molar refractivity (Wildman–Crippen MR) is 147 cm³/mol. The molecule has 5 nitrogen and oxygen atoms in total. The summed E-state index contributed by atoms with van der Waals surface area (Å²) in [5.41, 5.74) is 0. The normalized spacial score (nSPS) is 22.7. The Morgan fingerprint density at radius 1 is 0.848 bits per heavy atom. The van der Waals surface area contributed by atoms with Crippen LogP contribution >= 0.6 is 22.6 Å². The lowest BCUT2D eigenvalue weighted by molar-refractivity contribution is -0.935. The third kappa shape index (κ3) is 22.3. The quantitative estimate of drug-likeness (QED) is 0.0655. The highest BCUT2D eigenvalue weighted by Gasteiger charge is 2.36. The molecule has 0 N–H and O–H groups in total. The monoisotopic (exact) mass is 599 g/mol. The van der Waals surface area contributed by atoms with Crippen molar-refractivity contribution in [1.29, 1.82) is 0 Å². The summed E-state index contributed by atoms with van der Waals surface area (Å²) >= 11 is 2.18. The summed E-state index contributed by atoms with van der Waals surface area (Å²) in [5.74, 6) is 3.35. The molecule has 1 aliphatic rings. The Morgan fingerprint density at radius 2 is 1.21 bits per heavy atom. The van der Waals surface area contributed by atoms with Crippen LogP contribution in [0.3, 0.4) is 0 Å². The topological polar surface area (TPSA) is 66.4 Å². The van der Waals surface area contributed by atoms with E-state index in [1.165, 1.54) is 96.4 Å². The number of unbranched alkanes of at least 4 members (excludes halogenated alkanes) is 13. The molecular formula is C26H50INO4S. The van der Waals surface area contributed by atoms with Gasteiger partial charge in [0.1, 0.15) is 31.8 Å². The summed E-state index contributed by atoms with van der Waals surface area (Å²) in [7, 11) is -3.92. The fourth-order valence-corrected chi connectivity index (χ4v) is 5.05.